The molecule has 0 radical (unpaired) electrons. The topological polar surface area (TPSA) is 37.3 Å². The van der Waals surface area contributed by atoms with Crippen LogP contribution in [0.5, 0.6) is 0 Å². The van der Waals surface area contributed by atoms with Crippen molar-refractivity contribution >= 4 is 5.78 Å². The first kappa shape index (κ1) is 12.9. The van der Waals surface area contributed by atoms with Gasteiger partial charge in [-0.15, -0.1) is 0 Å². The Kier molecular flexibility index (Phi) is 4.69. The number of hydrogen-bond acceptors (Lipinski definition) is 2. The molecule has 0 saturated carbocycles. The molecule has 0 fully saturated rings. The second-order valence-electron chi connectivity index (χ2n) is 4.48. The standard InChI is InChI=1S/C14H20O2/c1-10(2)12-7-6-11(3)13(9-12)14(16)5-4-8-15/h6-7,9-10,15H,4-5,8H2,1-3H3. The monoisotopic (exact) mass is 220 g/mol. The molecule has 0 spiro atoms. The lowest BCUT2D eigenvalue weighted by Gasteiger charge is -2.10. The second-order valence-corrected chi connectivity index (χ2v) is 4.48. The van der Waals surface area contributed by atoms with Crippen LogP contribution in [-0.2, 0) is 0 Å². The van der Waals surface area contributed by atoms with E-state index in [1.54, 1.807) is 0 Å². The Balaban J connectivity index is 2.93. The fourth-order valence-electron chi connectivity index (χ4n) is 1.67. The number of rotatable bonds is 5. The van der Waals surface area contributed by atoms with Gasteiger partial charge >= 0.3 is 0 Å². The van der Waals surface area contributed by atoms with Crippen LogP contribution in [0.2, 0.25) is 0 Å². The largest absolute Gasteiger partial charge is 0.396 e. The van der Waals surface area contributed by atoms with Crippen LogP contribution in [0.1, 0.15) is 54.1 Å². The third-order valence-electron chi connectivity index (χ3n) is 2.79. The smallest absolute Gasteiger partial charge is 0.163 e. The molecule has 0 aromatic heterocycles. The minimum Gasteiger partial charge on any atom is -0.396 e. The van der Waals surface area contributed by atoms with Gasteiger partial charge in [0.25, 0.3) is 0 Å². The average Bonchev–Trinajstić information content (AvgIpc) is 2.26. The molecule has 2 heteroatoms. The summed E-state index contributed by atoms with van der Waals surface area (Å²) in [4.78, 5) is 11.9. The molecule has 1 aromatic rings. The van der Waals surface area contributed by atoms with Gasteiger partial charge in [0.1, 0.15) is 0 Å². The van der Waals surface area contributed by atoms with Crippen molar-refractivity contribution in [1.29, 1.82) is 0 Å². The van der Waals surface area contributed by atoms with Crippen molar-refractivity contribution in [2.24, 2.45) is 0 Å². The van der Waals surface area contributed by atoms with E-state index in [9.17, 15) is 4.79 Å². The second kappa shape index (κ2) is 5.80. The molecule has 0 atom stereocenters. The summed E-state index contributed by atoms with van der Waals surface area (Å²) < 4.78 is 0. The maximum absolute atomic E-state index is 11.9. The Labute approximate surface area is 97.3 Å². The lowest BCUT2D eigenvalue weighted by molar-refractivity contribution is 0.0970. The molecule has 0 bridgehead atoms. The number of benzene rings is 1. The highest BCUT2D eigenvalue weighted by Gasteiger charge is 2.10. The van der Waals surface area contributed by atoms with E-state index < -0.39 is 0 Å². The zero-order chi connectivity index (χ0) is 12.1. The van der Waals surface area contributed by atoms with Crippen LogP contribution in [0.15, 0.2) is 18.2 Å². The molecule has 0 unspecified atom stereocenters. The Hall–Kier alpha value is -1.15. The zero-order valence-corrected chi connectivity index (χ0v) is 10.3. The highest BCUT2D eigenvalue weighted by Crippen LogP contribution is 2.20. The maximum atomic E-state index is 11.9. The highest BCUT2D eigenvalue weighted by atomic mass is 16.3. The van der Waals surface area contributed by atoms with Crippen molar-refractivity contribution in [1.82, 2.24) is 0 Å². The van der Waals surface area contributed by atoms with Crippen LogP contribution in [-0.4, -0.2) is 17.5 Å². The molecule has 16 heavy (non-hydrogen) atoms. The molecular weight excluding hydrogens is 200 g/mol. The molecule has 1 N–H and O–H groups in total. The molecule has 0 aliphatic carbocycles. The summed E-state index contributed by atoms with van der Waals surface area (Å²) in [5.41, 5.74) is 3.02. The lowest BCUT2D eigenvalue weighted by Crippen LogP contribution is -2.04. The minimum atomic E-state index is 0.0780. The molecule has 0 saturated heterocycles. The van der Waals surface area contributed by atoms with E-state index >= 15 is 0 Å². The van der Waals surface area contributed by atoms with E-state index in [1.165, 1.54) is 5.56 Å². The predicted octanol–water partition coefficient (Wildman–Crippen LogP) is 3.07. The average molecular weight is 220 g/mol. The number of carbonyl (C=O) groups is 1. The van der Waals surface area contributed by atoms with Gasteiger partial charge in [-0.2, -0.15) is 0 Å². The molecule has 0 aliphatic rings. The summed E-state index contributed by atoms with van der Waals surface area (Å²) in [5, 5.41) is 8.72. The van der Waals surface area contributed by atoms with Crippen LogP contribution >= 0.6 is 0 Å². The van der Waals surface area contributed by atoms with E-state index in [2.05, 4.69) is 19.9 Å². The van der Waals surface area contributed by atoms with E-state index in [0.717, 1.165) is 11.1 Å². The zero-order valence-electron chi connectivity index (χ0n) is 10.3. The first-order valence-electron chi connectivity index (χ1n) is 5.81. The van der Waals surface area contributed by atoms with Gasteiger partial charge in [0.15, 0.2) is 5.78 Å². The molecule has 88 valence electrons. The molecule has 2 nitrogen and oxygen atoms in total. The first-order valence-corrected chi connectivity index (χ1v) is 5.81. The summed E-state index contributed by atoms with van der Waals surface area (Å²) >= 11 is 0. The number of Topliss-reactive ketones (excluding diaryl/α,β-unsaturated/α-hetero) is 1. The SMILES string of the molecule is Cc1ccc(C(C)C)cc1C(=O)CCCO. The van der Waals surface area contributed by atoms with Gasteiger partial charge in [0, 0.05) is 18.6 Å². The molecule has 0 heterocycles. The van der Waals surface area contributed by atoms with Crippen molar-refractivity contribution in [3.8, 4) is 0 Å². The van der Waals surface area contributed by atoms with Gasteiger partial charge in [0.05, 0.1) is 0 Å². The summed E-state index contributed by atoms with van der Waals surface area (Å²) in [6.45, 7) is 6.27. The number of aliphatic hydroxyl groups is 1. The van der Waals surface area contributed by atoms with Crippen molar-refractivity contribution in [3.63, 3.8) is 0 Å². The summed E-state index contributed by atoms with van der Waals surface area (Å²) in [7, 11) is 0. The highest BCUT2D eigenvalue weighted by molar-refractivity contribution is 5.97. The Bertz CT molecular complexity index is 367. The first-order chi connectivity index (χ1) is 7.56. The van der Waals surface area contributed by atoms with Crippen molar-refractivity contribution < 1.29 is 9.90 Å². The Morgan fingerprint density at radius 2 is 2.06 bits per heavy atom. The quantitative estimate of drug-likeness (QED) is 0.774. The van der Waals surface area contributed by atoms with E-state index in [4.69, 9.17) is 5.11 Å². The Morgan fingerprint density at radius 3 is 2.62 bits per heavy atom. The molecule has 1 aromatic carbocycles. The number of ketones is 1. The number of aliphatic hydroxyl groups excluding tert-OH is 1. The fraction of sp³-hybridized carbons (Fsp3) is 0.500. The van der Waals surface area contributed by atoms with E-state index in [-0.39, 0.29) is 12.4 Å². The molecule has 0 amide bonds. The normalized spacial score (nSPS) is 10.8. The van der Waals surface area contributed by atoms with Gasteiger partial charge < -0.3 is 5.11 Å². The molecule has 0 aliphatic heterocycles. The third kappa shape index (κ3) is 3.17. The van der Waals surface area contributed by atoms with E-state index in [1.807, 2.05) is 19.1 Å². The van der Waals surface area contributed by atoms with Crippen LogP contribution in [0.3, 0.4) is 0 Å². The fourth-order valence-corrected chi connectivity index (χ4v) is 1.67. The van der Waals surface area contributed by atoms with Crippen molar-refractivity contribution in [2.75, 3.05) is 6.61 Å². The molecule has 1 rings (SSSR count). The van der Waals surface area contributed by atoms with Gasteiger partial charge in [-0.3, -0.25) is 4.79 Å². The van der Waals surface area contributed by atoms with Gasteiger partial charge in [-0.25, -0.2) is 0 Å². The predicted molar refractivity (Wildman–Crippen MR) is 65.9 cm³/mol. The van der Waals surface area contributed by atoms with Crippen LogP contribution in [0.25, 0.3) is 0 Å². The van der Waals surface area contributed by atoms with Crippen LogP contribution < -0.4 is 0 Å². The minimum absolute atomic E-state index is 0.0780. The maximum Gasteiger partial charge on any atom is 0.163 e. The van der Waals surface area contributed by atoms with Crippen molar-refractivity contribution in [2.45, 2.75) is 39.5 Å². The number of aryl methyl sites for hydroxylation is 1. The third-order valence-corrected chi connectivity index (χ3v) is 2.79. The number of hydrogen-bond donors (Lipinski definition) is 1. The molecular formula is C14H20O2. The van der Waals surface area contributed by atoms with Gasteiger partial charge in [-0.1, -0.05) is 26.0 Å². The van der Waals surface area contributed by atoms with Crippen molar-refractivity contribution in [3.05, 3.63) is 34.9 Å². The summed E-state index contributed by atoms with van der Waals surface area (Å²) in [6.07, 6.45) is 0.975. The Morgan fingerprint density at radius 1 is 1.38 bits per heavy atom. The van der Waals surface area contributed by atoms with Gasteiger partial charge in [-0.05, 0) is 36.5 Å². The van der Waals surface area contributed by atoms with Crippen LogP contribution in [0, 0.1) is 6.92 Å². The number of carbonyl (C=O) groups excluding carboxylic acids is 1. The summed E-state index contributed by atoms with van der Waals surface area (Å²) in [6, 6.07) is 6.06. The summed E-state index contributed by atoms with van der Waals surface area (Å²) in [5.74, 6) is 0.569. The van der Waals surface area contributed by atoms with Gasteiger partial charge in [0.2, 0.25) is 0 Å². The van der Waals surface area contributed by atoms with E-state index in [0.29, 0.717) is 18.8 Å². The lowest BCUT2D eigenvalue weighted by atomic mass is 9.94. The van der Waals surface area contributed by atoms with Crippen LogP contribution in [0.4, 0.5) is 0 Å².